The van der Waals surface area contributed by atoms with Gasteiger partial charge in [-0.05, 0) is 24.3 Å². The van der Waals surface area contributed by atoms with Gasteiger partial charge in [-0.15, -0.1) is 0 Å². The molecule has 0 aromatic carbocycles. The van der Waals surface area contributed by atoms with E-state index < -0.39 is 0 Å². The van der Waals surface area contributed by atoms with Gasteiger partial charge in [0.25, 0.3) is 0 Å². The van der Waals surface area contributed by atoms with Gasteiger partial charge in [0.1, 0.15) is 6.04 Å². The van der Waals surface area contributed by atoms with Crippen molar-refractivity contribution >= 4 is 17.7 Å². The minimum Gasteiger partial charge on any atom is -0.353 e. The predicted molar refractivity (Wildman–Crippen MR) is 70.3 cm³/mol. The highest BCUT2D eigenvalue weighted by Gasteiger charge is 2.36. The van der Waals surface area contributed by atoms with Gasteiger partial charge in [-0.2, -0.15) is 11.8 Å². The van der Waals surface area contributed by atoms with Crippen molar-refractivity contribution in [2.75, 3.05) is 44.2 Å². The van der Waals surface area contributed by atoms with Crippen molar-refractivity contribution in [1.29, 1.82) is 0 Å². The fourth-order valence-electron chi connectivity index (χ4n) is 3.18. The summed E-state index contributed by atoms with van der Waals surface area (Å²) in [6.45, 7) is 5.03. The lowest BCUT2D eigenvalue weighted by Gasteiger charge is -2.46. The second kappa shape index (κ2) is 5.16. The maximum atomic E-state index is 11.9. The first-order valence-corrected chi connectivity index (χ1v) is 7.83. The number of thioether (sulfide) groups is 1. The Balaban J connectivity index is 1.63. The zero-order valence-corrected chi connectivity index (χ0v) is 11.0. The van der Waals surface area contributed by atoms with E-state index in [0.29, 0.717) is 0 Å². The summed E-state index contributed by atoms with van der Waals surface area (Å²) < 4.78 is 0. The van der Waals surface area contributed by atoms with Gasteiger partial charge in [0.2, 0.25) is 5.91 Å². The van der Waals surface area contributed by atoms with Gasteiger partial charge in [-0.25, -0.2) is 0 Å². The van der Waals surface area contributed by atoms with E-state index in [0.717, 1.165) is 38.8 Å². The first kappa shape index (κ1) is 11.8. The Hall–Kier alpha value is -0.260. The number of hydrogen-bond acceptors (Lipinski definition) is 4. The average Bonchev–Trinajstić information content (AvgIpc) is 2.40. The first-order chi connectivity index (χ1) is 8.34. The van der Waals surface area contributed by atoms with Crippen molar-refractivity contribution in [3.8, 4) is 0 Å². The molecule has 4 nitrogen and oxygen atoms in total. The molecule has 1 N–H and O–H groups in total. The number of rotatable bonds is 1. The third-order valence-electron chi connectivity index (χ3n) is 4.23. The lowest BCUT2D eigenvalue weighted by atomic mass is 10.0. The number of carbonyl (C=O) groups is 1. The number of piperazine rings is 2. The molecular formula is C12H21N3OS. The Kier molecular flexibility index (Phi) is 3.59. The van der Waals surface area contributed by atoms with Crippen LogP contribution in [-0.2, 0) is 4.79 Å². The monoisotopic (exact) mass is 255 g/mol. The number of fused-ring (bicyclic) bond motifs is 1. The summed E-state index contributed by atoms with van der Waals surface area (Å²) in [5.41, 5.74) is 0. The first-order valence-electron chi connectivity index (χ1n) is 6.68. The third-order valence-corrected chi connectivity index (χ3v) is 5.28. The molecule has 17 heavy (non-hydrogen) atoms. The van der Waals surface area contributed by atoms with E-state index in [1.54, 1.807) is 0 Å². The second-order valence-corrected chi connectivity index (χ2v) is 6.41. The van der Waals surface area contributed by atoms with E-state index in [-0.39, 0.29) is 11.9 Å². The molecule has 0 unspecified atom stereocenters. The van der Waals surface area contributed by atoms with E-state index in [1.807, 2.05) is 0 Å². The highest BCUT2D eigenvalue weighted by Crippen LogP contribution is 2.24. The number of amides is 1. The van der Waals surface area contributed by atoms with E-state index in [1.165, 1.54) is 24.3 Å². The zero-order valence-electron chi connectivity index (χ0n) is 10.2. The van der Waals surface area contributed by atoms with Crippen LogP contribution in [0.4, 0.5) is 0 Å². The van der Waals surface area contributed by atoms with Crippen LogP contribution in [0.2, 0.25) is 0 Å². The van der Waals surface area contributed by atoms with Gasteiger partial charge in [-0.3, -0.25) is 14.6 Å². The lowest BCUT2D eigenvalue weighted by Crippen LogP contribution is -2.65. The molecule has 5 heteroatoms. The van der Waals surface area contributed by atoms with Crippen molar-refractivity contribution < 1.29 is 4.79 Å². The molecule has 0 aliphatic carbocycles. The Labute approximate surface area is 107 Å². The third kappa shape index (κ3) is 2.46. The summed E-state index contributed by atoms with van der Waals surface area (Å²) in [4.78, 5) is 16.8. The van der Waals surface area contributed by atoms with Gasteiger partial charge < -0.3 is 5.32 Å². The largest absolute Gasteiger partial charge is 0.353 e. The molecule has 0 aromatic heterocycles. The van der Waals surface area contributed by atoms with Crippen LogP contribution < -0.4 is 5.32 Å². The number of nitrogens with zero attached hydrogens (tertiary/aromatic N) is 2. The van der Waals surface area contributed by atoms with Crippen LogP contribution in [0, 0.1) is 0 Å². The summed E-state index contributed by atoms with van der Waals surface area (Å²) in [5, 5.41) is 2.99. The standard InChI is InChI=1S/C12H21N3OS/c16-12-11-9-15(10-1-7-17-8-2-10)6-5-14(11)4-3-13-12/h10-11H,1-9H2,(H,13,16)/t11-/m1/s1. The Bertz CT molecular complexity index is 293. The highest BCUT2D eigenvalue weighted by atomic mass is 32.2. The van der Waals surface area contributed by atoms with Crippen LogP contribution >= 0.6 is 11.8 Å². The molecule has 0 spiro atoms. The summed E-state index contributed by atoms with van der Waals surface area (Å²) in [7, 11) is 0. The fourth-order valence-corrected chi connectivity index (χ4v) is 4.26. The molecule has 3 aliphatic rings. The van der Waals surface area contributed by atoms with Crippen molar-refractivity contribution in [2.24, 2.45) is 0 Å². The quantitative estimate of drug-likeness (QED) is 0.715. The maximum absolute atomic E-state index is 11.9. The molecule has 3 fully saturated rings. The van der Waals surface area contributed by atoms with Crippen LogP contribution in [-0.4, -0.2) is 72.0 Å². The van der Waals surface area contributed by atoms with Crippen LogP contribution in [0.25, 0.3) is 0 Å². The molecule has 1 amide bonds. The van der Waals surface area contributed by atoms with Crippen molar-refractivity contribution in [3.05, 3.63) is 0 Å². The minimum absolute atomic E-state index is 0.118. The van der Waals surface area contributed by atoms with Crippen LogP contribution in [0.3, 0.4) is 0 Å². The number of carbonyl (C=O) groups excluding carboxylic acids is 1. The summed E-state index contributed by atoms with van der Waals surface area (Å²) in [6.07, 6.45) is 2.61. The molecule has 3 aliphatic heterocycles. The molecule has 0 bridgehead atoms. The molecule has 0 aromatic rings. The van der Waals surface area contributed by atoms with Gasteiger partial charge in [0.05, 0.1) is 0 Å². The molecule has 1 atom stereocenters. The average molecular weight is 255 g/mol. The fraction of sp³-hybridized carbons (Fsp3) is 0.917. The van der Waals surface area contributed by atoms with Crippen molar-refractivity contribution in [2.45, 2.75) is 24.9 Å². The zero-order chi connectivity index (χ0) is 11.7. The molecule has 0 saturated carbocycles. The topological polar surface area (TPSA) is 35.6 Å². The Morgan fingerprint density at radius 1 is 1.12 bits per heavy atom. The van der Waals surface area contributed by atoms with Crippen LogP contribution in [0.15, 0.2) is 0 Å². The highest BCUT2D eigenvalue weighted by molar-refractivity contribution is 7.99. The lowest BCUT2D eigenvalue weighted by molar-refractivity contribution is -0.132. The summed E-state index contributed by atoms with van der Waals surface area (Å²) >= 11 is 2.07. The molecule has 3 rings (SSSR count). The van der Waals surface area contributed by atoms with Gasteiger partial charge in [-0.1, -0.05) is 0 Å². The van der Waals surface area contributed by atoms with Gasteiger partial charge in [0.15, 0.2) is 0 Å². The molecule has 96 valence electrons. The van der Waals surface area contributed by atoms with Crippen molar-refractivity contribution in [3.63, 3.8) is 0 Å². The Morgan fingerprint density at radius 2 is 1.88 bits per heavy atom. The molecule has 3 heterocycles. The van der Waals surface area contributed by atoms with E-state index >= 15 is 0 Å². The predicted octanol–water partition coefficient (Wildman–Crippen LogP) is -0.00200. The van der Waals surface area contributed by atoms with E-state index in [2.05, 4.69) is 26.9 Å². The maximum Gasteiger partial charge on any atom is 0.238 e. The second-order valence-electron chi connectivity index (χ2n) is 5.18. The molecular weight excluding hydrogens is 234 g/mol. The minimum atomic E-state index is 0.118. The van der Waals surface area contributed by atoms with Crippen molar-refractivity contribution in [1.82, 2.24) is 15.1 Å². The SMILES string of the molecule is O=C1NCCN2CCN(C3CCSCC3)C[C@H]12. The Morgan fingerprint density at radius 3 is 2.71 bits per heavy atom. The van der Waals surface area contributed by atoms with Crippen LogP contribution in [0.5, 0.6) is 0 Å². The summed E-state index contributed by atoms with van der Waals surface area (Å²) in [5.74, 6) is 2.83. The van der Waals surface area contributed by atoms with Gasteiger partial charge in [0, 0.05) is 38.8 Å². The van der Waals surface area contributed by atoms with E-state index in [4.69, 9.17) is 0 Å². The number of hydrogen-bond donors (Lipinski definition) is 1. The normalized spacial score (nSPS) is 33.2. The molecule has 3 saturated heterocycles. The summed E-state index contributed by atoms with van der Waals surface area (Å²) in [6, 6.07) is 0.847. The smallest absolute Gasteiger partial charge is 0.238 e. The number of nitrogens with one attached hydrogen (secondary N) is 1. The van der Waals surface area contributed by atoms with E-state index in [9.17, 15) is 4.79 Å². The molecule has 0 radical (unpaired) electrons. The van der Waals surface area contributed by atoms with Gasteiger partial charge >= 0.3 is 0 Å². The van der Waals surface area contributed by atoms with Crippen LogP contribution in [0.1, 0.15) is 12.8 Å².